The Labute approximate surface area is 195 Å². The molecule has 1 fully saturated rings. The van der Waals surface area contributed by atoms with Gasteiger partial charge in [-0.2, -0.15) is 18.3 Å². The standard InChI is InChI=1S/C27H25F4N3/c1-18-9-6-7-16-33(18)24-15-5-3-11-20(24)21-12-8-14-23-25(21)26(27(29,30)31)34(32-23)17-19-10-2-4-13-22(19)28/h2-5,8,10-15,18H,6-7,9,16-17H2,1H3/t18-/m0/s1. The van der Waals surface area contributed by atoms with Gasteiger partial charge in [-0.25, -0.2) is 4.39 Å². The van der Waals surface area contributed by atoms with Gasteiger partial charge in [0.25, 0.3) is 0 Å². The summed E-state index contributed by atoms with van der Waals surface area (Å²) in [4.78, 5) is 2.29. The number of halogens is 4. The lowest BCUT2D eigenvalue weighted by atomic mass is 9.95. The number of piperidine rings is 1. The van der Waals surface area contributed by atoms with Crippen molar-refractivity contribution in [3.63, 3.8) is 0 Å². The Hall–Kier alpha value is -3.35. The van der Waals surface area contributed by atoms with Gasteiger partial charge in [-0.05, 0) is 49.9 Å². The molecule has 0 bridgehead atoms. The number of anilines is 1. The molecule has 1 atom stereocenters. The predicted molar refractivity (Wildman–Crippen MR) is 126 cm³/mol. The summed E-state index contributed by atoms with van der Waals surface area (Å²) < 4.78 is 58.5. The number of aromatic nitrogens is 2. The highest BCUT2D eigenvalue weighted by atomic mass is 19.4. The maximum atomic E-state index is 14.5. The van der Waals surface area contributed by atoms with E-state index in [9.17, 15) is 17.6 Å². The van der Waals surface area contributed by atoms with Crippen molar-refractivity contribution in [3.05, 3.63) is 83.8 Å². The van der Waals surface area contributed by atoms with Crippen LogP contribution in [-0.2, 0) is 12.7 Å². The van der Waals surface area contributed by atoms with Crippen LogP contribution in [0.1, 0.15) is 37.4 Å². The second-order valence-corrected chi connectivity index (χ2v) is 8.85. The minimum atomic E-state index is -4.66. The number of hydrogen-bond donors (Lipinski definition) is 0. The molecule has 5 rings (SSSR count). The summed E-state index contributed by atoms with van der Waals surface area (Å²) in [6.45, 7) is 2.72. The Morgan fingerprint density at radius 3 is 2.41 bits per heavy atom. The van der Waals surface area contributed by atoms with Crippen LogP contribution in [0.25, 0.3) is 22.0 Å². The molecule has 1 aliphatic heterocycles. The molecule has 0 unspecified atom stereocenters. The fourth-order valence-electron chi connectivity index (χ4n) is 5.00. The molecule has 0 N–H and O–H groups in total. The maximum absolute atomic E-state index is 14.5. The van der Waals surface area contributed by atoms with E-state index >= 15 is 0 Å². The van der Waals surface area contributed by atoms with Gasteiger partial charge in [-0.15, -0.1) is 0 Å². The first-order valence-corrected chi connectivity index (χ1v) is 11.5. The molecule has 0 amide bonds. The van der Waals surface area contributed by atoms with E-state index < -0.39 is 17.7 Å². The molecule has 1 saturated heterocycles. The largest absolute Gasteiger partial charge is 0.433 e. The molecule has 34 heavy (non-hydrogen) atoms. The average Bonchev–Trinajstić information content (AvgIpc) is 3.20. The van der Waals surface area contributed by atoms with Gasteiger partial charge in [0.05, 0.1) is 12.1 Å². The quantitative estimate of drug-likeness (QED) is 0.294. The van der Waals surface area contributed by atoms with E-state index in [1.165, 1.54) is 18.2 Å². The van der Waals surface area contributed by atoms with Crippen molar-refractivity contribution < 1.29 is 17.6 Å². The van der Waals surface area contributed by atoms with E-state index in [1.807, 2.05) is 24.3 Å². The fraction of sp³-hybridized carbons (Fsp3) is 0.296. The van der Waals surface area contributed by atoms with Crippen molar-refractivity contribution in [1.29, 1.82) is 0 Å². The molecular weight excluding hydrogens is 442 g/mol. The number of nitrogens with zero attached hydrogens (tertiary/aromatic N) is 3. The summed E-state index contributed by atoms with van der Waals surface area (Å²) in [6.07, 6.45) is -1.41. The van der Waals surface area contributed by atoms with Crippen LogP contribution in [-0.4, -0.2) is 22.4 Å². The molecule has 3 nitrogen and oxygen atoms in total. The number of hydrogen-bond acceptors (Lipinski definition) is 2. The topological polar surface area (TPSA) is 21.1 Å². The second kappa shape index (κ2) is 8.78. The van der Waals surface area contributed by atoms with Crippen LogP contribution >= 0.6 is 0 Å². The first-order valence-electron chi connectivity index (χ1n) is 11.5. The number of fused-ring (bicyclic) bond motifs is 1. The average molecular weight is 468 g/mol. The van der Waals surface area contributed by atoms with Crippen LogP contribution in [0.15, 0.2) is 66.7 Å². The molecule has 0 radical (unpaired) electrons. The predicted octanol–water partition coefficient (Wildman–Crippen LogP) is 7.29. The van der Waals surface area contributed by atoms with Gasteiger partial charge >= 0.3 is 6.18 Å². The van der Waals surface area contributed by atoms with E-state index in [-0.39, 0.29) is 23.0 Å². The maximum Gasteiger partial charge on any atom is 0.433 e. The van der Waals surface area contributed by atoms with Crippen molar-refractivity contribution >= 4 is 16.6 Å². The molecule has 176 valence electrons. The van der Waals surface area contributed by atoms with Gasteiger partial charge in [0.2, 0.25) is 0 Å². The Bertz CT molecular complexity index is 1330. The van der Waals surface area contributed by atoms with Crippen LogP contribution in [0.4, 0.5) is 23.2 Å². The number of rotatable bonds is 4. The number of benzene rings is 3. The smallest absolute Gasteiger partial charge is 0.368 e. The highest BCUT2D eigenvalue weighted by molar-refractivity contribution is 6.00. The first kappa shape index (κ1) is 22.4. The van der Waals surface area contributed by atoms with Crippen LogP contribution in [0, 0.1) is 5.82 Å². The molecule has 0 saturated carbocycles. The lowest BCUT2D eigenvalue weighted by molar-refractivity contribution is -0.142. The SMILES string of the molecule is C[C@H]1CCCCN1c1ccccc1-c1cccc2nn(Cc3ccccc3F)c(C(F)(F)F)c12. The highest BCUT2D eigenvalue weighted by Crippen LogP contribution is 2.43. The van der Waals surface area contributed by atoms with Crippen molar-refractivity contribution in [2.24, 2.45) is 0 Å². The van der Waals surface area contributed by atoms with E-state index in [1.54, 1.807) is 24.3 Å². The molecule has 3 aromatic carbocycles. The zero-order valence-corrected chi connectivity index (χ0v) is 18.8. The highest BCUT2D eigenvalue weighted by Gasteiger charge is 2.39. The number of alkyl halides is 3. The molecule has 1 aromatic heterocycles. The van der Waals surface area contributed by atoms with Gasteiger partial charge in [0.15, 0.2) is 5.69 Å². The first-order chi connectivity index (χ1) is 16.3. The molecule has 4 aromatic rings. The van der Waals surface area contributed by atoms with Crippen LogP contribution in [0.3, 0.4) is 0 Å². The van der Waals surface area contributed by atoms with Gasteiger partial charge in [0.1, 0.15) is 5.82 Å². The molecular formula is C27H25F4N3. The summed E-state index contributed by atoms with van der Waals surface area (Å²) in [5, 5.41) is 4.32. The Balaban J connectivity index is 1.72. The summed E-state index contributed by atoms with van der Waals surface area (Å²) >= 11 is 0. The molecule has 0 aliphatic carbocycles. The Morgan fingerprint density at radius 2 is 1.65 bits per heavy atom. The van der Waals surface area contributed by atoms with Crippen LogP contribution in [0.2, 0.25) is 0 Å². The minimum Gasteiger partial charge on any atom is -0.368 e. The zero-order valence-electron chi connectivity index (χ0n) is 18.8. The van der Waals surface area contributed by atoms with Crippen LogP contribution < -0.4 is 4.90 Å². The third-order valence-electron chi connectivity index (χ3n) is 6.62. The third-order valence-corrected chi connectivity index (χ3v) is 6.62. The van der Waals surface area contributed by atoms with Crippen molar-refractivity contribution in [2.45, 2.75) is 44.9 Å². The van der Waals surface area contributed by atoms with Gasteiger partial charge in [-0.3, -0.25) is 4.68 Å². The normalized spacial score (nSPS) is 16.9. The van der Waals surface area contributed by atoms with E-state index in [2.05, 4.69) is 16.9 Å². The molecule has 1 aliphatic rings. The molecule has 7 heteroatoms. The second-order valence-electron chi connectivity index (χ2n) is 8.85. The van der Waals surface area contributed by atoms with Gasteiger partial charge < -0.3 is 4.90 Å². The van der Waals surface area contributed by atoms with Crippen molar-refractivity contribution in [2.75, 3.05) is 11.4 Å². The lowest BCUT2D eigenvalue weighted by Gasteiger charge is -2.36. The lowest BCUT2D eigenvalue weighted by Crippen LogP contribution is -2.37. The summed E-state index contributed by atoms with van der Waals surface area (Å²) in [7, 11) is 0. The fourth-order valence-corrected chi connectivity index (χ4v) is 5.00. The van der Waals surface area contributed by atoms with Gasteiger partial charge in [0, 0.05) is 34.8 Å². The summed E-state index contributed by atoms with van der Waals surface area (Å²) in [5.41, 5.74) is 1.70. The summed E-state index contributed by atoms with van der Waals surface area (Å²) in [6, 6.07) is 18.8. The number of para-hydroxylation sites is 1. The monoisotopic (exact) mass is 467 g/mol. The van der Waals surface area contributed by atoms with E-state index in [0.29, 0.717) is 11.6 Å². The van der Waals surface area contributed by atoms with Crippen molar-refractivity contribution in [3.8, 4) is 11.1 Å². The van der Waals surface area contributed by atoms with E-state index in [4.69, 9.17) is 0 Å². The Kier molecular flexibility index (Phi) is 5.80. The summed E-state index contributed by atoms with van der Waals surface area (Å²) in [5.74, 6) is -0.556. The minimum absolute atomic E-state index is 0.0449. The van der Waals surface area contributed by atoms with Gasteiger partial charge in [-0.1, -0.05) is 48.5 Å². The molecule has 0 spiro atoms. The molecule has 2 heterocycles. The zero-order chi connectivity index (χ0) is 23.9. The van der Waals surface area contributed by atoms with Crippen LogP contribution in [0.5, 0.6) is 0 Å². The third kappa shape index (κ3) is 4.04. The van der Waals surface area contributed by atoms with E-state index in [0.717, 1.165) is 41.7 Å². The Morgan fingerprint density at radius 1 is 0.912 bits per heavy atom. The van der Waals surface area contributed by atoms with Crippen molar-refractivity contribution in [1.82, 2.24) is 9.78 Å².